The lowest BCUT2D eigenvalue weighted by molar-refractivity contribution is -0.136. The highest BCUT2D eigenvalue weighted by molar-refractivity contribution is 7.99. The van der Waals surface area contributed by atoms with Gasteiger partial charge in [-0.3, -0.25) is 9.59 Å². The lowest BCUT2D eigenvalue weighted by Gasteiger charge is -2.32. The van der Waals surface area contributed by atoms with Crippen molar-refractivity contribution < 1.29 is 9.59 Å². The highest BCUT2D eigenvalue weighted by atomic mass is 32.2. The molecule has 0 unspecified atom stereocenters. The number of nitrogens with one attached hydrogen (secondary N) is 1. The number of rotatable bonds is 7. The maximum atomic E-state index is 12.3. The fourth-order valence-electron chi connectivity index (χ4n) is 3.11. The van der Waals surface area contributed by atoms with Gasteiger partial charge in [0.05, 0.1) is 5.92 Å². The van der Waals surface area contributed by atoms with E-state index in [1.807, 2.05) is 34.9 Å². The van der Waals surface area contributed by atoms with Crippen LogP contribution in [0.3, 0.4) is 0 Å². The van der Waals surface area contributed by atoms with Gasteiger partial charge in [0.15, 0.2) is 0 Å². The number of benzene rings is 1. The fourth-order valence-corrected chi connectivity index (χ4v) is 3.99. The quantitative estimate of drug-likeness (QED) is 0.610. The van der Waals surface area contributed by atoms with E-state index < -0.39 is 0 Å². The number of hydrogen-bond donors (Lipinski definition) is 1. The van der Waals surface area contributed by atoms with E-state index in [2.05, 4.69) is 17.4 Å². The Morgan fingerprint density at radius 1 is 1.12 bits per heavy atom. The number of piperidine rings is 1. The summed E-state index contributed by atoms with van der Waals surface area (Å²) in [5.74, 6) is 1.62. The van der Waals surface area contributed by atoms with Gasteiger partial charge in [-0.05, 0) is 50.0 Å². The van der Waals surface area contributed by atoms with Gasteiger partial charge in [-0.1, -0.05) is 18.2 Å². The van der Waals surface area contributed by atoms with E-state index in [0.717, 1.165) is 44.4 Å². The zero-order valence-corrected chi connectivity index (χ0v) is 14.9. The first-order chi connectivity index (χ1) is 11.7. The lowest BCUT2D eigenvalue weighted by Crippen LogP contribution is -2.46. The number of amides is 2. The first kappa shape index (κ1) is 17.3. The van der Waals surface area contributed by atoms with Crippen molar-refractivity contribution in [1.29, 1.82) is 0 Å². The van der Waals surface area contributed by atoms with E-state index in [4.69, 9.17) is 0 Å². The molecule has 1 aliphatic heterocycles. The van der Waals surface area contributed by atoms with E-state index in [1.54, 1.807) is 0 Å². The van der Waals surface area contributed by atoms with Crippen molar-refractivity contribution in [1.82, 2.24) is 10.2 Å². The predicted octanol–water partition coefficient (Wildman–Crippen LogP) is 2.93. The molecule has 4 nitrogen and oxygen atoms in total. The second-order valence-corrected chi connectivity index (χ2v) is 7.87. The number of thioether (sulfide) groups is 1. The molecule has 0 radical (unpaired) electrons. The number of carbonyl (C=O) groups is 2. The van der Waals surface area contributed by atoms with Crippen LogP contribution in [-0.4, -0.2) is 42.1 Å². The topological polar surface area (TPSA) is 49.4 Å². The Bertz CT molecular complexity index is 560. The molecule has 24 heavy (non-hydrogen) atoms. The molecule has 2 aliphatic rings. The summed E-state index contributed by atoms with van der Waals surface area (Å²) < 4.78 is 0. The van der Waals surface area contributed by atoms with Crippen molar-refractivity contribution in [2.45, 2.75) is 37.0 Å². The summed E-state index contributed by atoms with van der Waals surface area (Å²) in [5.41, 5.74) is 0. The first-order valence-electron chi connectivity index (χ1n) is 8.98. The van der Waals surface area contributed by atoms with Crippen molar-refractivity contribution in [3.8, 4) is 0 Å². The molecule has 1 aromatic carbocycles. The monoisotopic (exact) mass is 346 g/mol. The summed E-state index contributed by atoms with van der Waals surface area (Å²) in [6.45, 7) is 2.15. The van der Waals surface area contributed by atoms with Gasteiger partial charge in [0.2, 0.25) is 11.8 Å². The molecular weight excluding hydrogens is 320 g/mol. The SMILES string of the molecule is O=C(NCCCSc1ccccc1)[C@@H]1CCCN(C(=O)C2CC2)C1. The molecule has 1 heterocycles. The minimum absolute atomic E-state index is 0.0248. The van der Waals surface area contributed by atoms with Crippen LogP contribution in [0, 0.1) is 11.8 Å². The van der Waals surface area contributed by atoms with Crippen LogP contribution in [0.1, 0.15) is 32.1 Å². The van der Waals surface area contributed by atoms with Crippen molar-refractivity contribution in [3.05, 3.63) is 30.3 Å². The van der Waals surface area contributed by atoms with Gasteiger partial charge in [0.25, 0.3) is 0 Å². The number of hydrogen-bond acceptors (Lipinski definition) is 3. The molecule has 0 spiro atoms. The summed E-state index contributed by atoms with van der Waals surface area (Å²) >= 11 is 1.82. The molecule has 1 N–H and O–H groups in total. The van der Waals surface area contributed by atoms with Gasteiger partial charge in [0.1, 0.15) is 0 Å². The molecule has 1 saturated heterocycles. The minimum atomic E-state index is -0.0248. The van der Waals surface area contributed by atoms with E-state index in [-0.39, 0.29) is 23.7 Å². The molecule has 1 saturated carbocycles. The zero-order valence-electron chi connectivity index (χ0n) is 14.1. The van der Waals surface area contributed by atoms with Crippen LogP contribution in [0.25, 0.3) is 0 Å². The third kappa shape index (κ3) is 5.00. The Hall–Kier alpha value is -1.49. The molecular formula is C19H26N2O2S. The molecule has 2 amide bonds. The van der Waals surface area contributed by atoms with Gasteiger partial charge in [-0.15, -0.1) is 11.8 Å². The fraction of sp³-hybridized carbons (Fsp3) is 0.579. The van der Waals surface area contributed by atoms with Crippen LogP contribution >= 0.6 is 11.8 Å². The smallest absolute Gasteiger partial charge is 0.225 e. The highest BCUT2D eigenvalue weighted by Gasteiger charge is 2.36. The van der Waals surface area contributed by atoms with Gasteiger partial charge >= 0.3 is 0 Å². The molecule has 1 aliphatic carbocycles. The average molecular weight is 346 g/mol. The van der Waals surface area contributed by atoms with Crippen LogP contribution in [0.2, 0.25) is 0 Å². The van der Waals surface area contributed by atoms with Gasteiger partial charge in [0, 0.05) is 30.4 Å². The molecule has 3 rings (SSSR count). The summed E-state index contributed by atoms with van der Waals surface area (Å²) in [6.07, 6.45) is 4.87. The first-order valence-corrected chi connectivity index (χ1v) is 9.97. The highest BCUT2D eigenvalue weighted by Crippen LogP contribution is 2.32. The second kappa shape index (κ2) is 8.56. The third-order valence-electron chi connectivity index (χ3n) is 4.66. The van der Waals surface area contributed by atoms with Crippen molar-refractivity contribution >= 4 is 23.6 Å². The van der Waals surface area contributed by atoms with E-state index >= 15 is 0 Å². The Labute approximate surface area is 148 Å². The van der Waals surface area contributed by atoms with Crippen LogP contribution in [0.5, 0.6) is 0 Å². The summed E-state index contributed by atoms with van der Waals surface area (Å²) in [5, 5.41) is 3.05. The number of nitrogens with zero attached hydrogens (tertiary/aromatic N) is 1. The van der Waals surface area contributed by atoms with Crippen molar-refractivity contribution in [3.63, 3.8) is 0 Å². The van der Waals surface area contributed by atoms with Crippen LogP contribution in [-0.2, 0) is 9.59 Å². The van der Waals surface area contributed by atoms with Gasteiger partial charge in [-0.2, -0.15) is 0 Å². The van der Waals surface area contributed by atoms with E-state index in [9.17, 15) is 9.59 Å². The van der Waals surface area contributed by atoms with Crippen LogP contribution in [0.15, 0.2) is 35.2 Å². The maximum Gasteiger partial charge on any atom is 0.225 e. The standard InChI is InChI=1S/C19H26N2O2S/c22-18(20-11-5-13-24-17-7-2-1-3-8-17)16-6-4-12-21(14-16)19(23)15-9-10-15/h1-3,7-8,15-16H,4-6,9-14H2,(H,20,22)/t16-/m1/s1. The normalized spacial score (nSPS) is 20.7. The summed E-state index contributed by atoms with van der Waals surface area (Å²) in [6, 6.07) is 10.3. The Morgan fingerprint density at radius 3 is 2.67 bits per heavy atom. The largest absolute Gasteiger partial charge is 0.356 e. The van der Waals surface area contributed by atoms with Gasteiger partial charge in [-0.25, -0.2) is 0 Å². The molecule has 2 fully saturated rings. The zero-order chi connectivity index (χ0) is 16.8. The maximum absolute atomic E-state index is 12.3. The molecule has 0 aromatic heterocycles. The Balaban J connectivity index is 1.33. The second-order valence-electron chi connectivity index (χ2n) is 6.70. The van der Waals surface area contributed by atoms with Crippen LogP contribution < -0.4 is 5.32 Å². The molecule has 130 valence electrons. The minimum Gasteiger partial charge on any atom is -0.356 e. The summed E-state index contributed by atoms with van der Waals surface area (Å²) in [4.78, 5) is 27.7. The predicted molar refractivity (Wildman–Crippen MR) is 96.8 cm³/mol. The van der Waals surface area contributed by atoms with E-state index in [0.29, 0.717) is 13.1 Å². The lowest BCUT2D eigenvalue weighted by atomic mass is 9.96. The average Bonchev–Trinajstić information content (AvgIpc) is 3.47. The molecule has 1 aromatic rings. The molecule has 1 atom stereocenters. The van der Waals surface area contributed by atoms with Crippen molar-refractivity contribution in [2.24, 2.45) is 11.8 Å². The Kier molecular flexibility index (Phi) is 6.18. The number of likely N-dealkylation sites (tertiary alicyclic amines) is 1. The molecule has 0 bridgehead atoms. The van der Waals surface area contributed by atoms with Crippen molar-refractivity contribution in [2.75, 3.05) is 25.4 Å². The van der Waals surface area contributed by atoms with Crippen LogP contribution in [0.4, 0.5) is 0 Å². The summed E-state index contributed by atoms with van der Waals surface area (Å²) in [7, 11) is 0. The van der Waals surface area contributed by atoms with Gasteiger partial charge < -0.3 is 10.2 Å². The van der Waals surface area contributed by atoms with E-state index in [1.165, 1.54) is 4.90 Å². The number of carbonyl (C=O) groups excluding carboxylic acids is 2. The molecule has 5 heteroatoms. The third-order valence-corrected chi connectivity index (χ3v) is 5.76. The Morgan fingerprint density at radius 2 is 1.92 bits per heavy atom.